The minimum atomic E-state index is -1.08. The molecule has 5 unspecified atom stereocenters. The van der Waals surface area contributed by atoms with Gasteiger partial charge in [-0.3, -0.25) is 9.48 Å². The Morgan fingerprint density at radius 1 is 0.950 bits per heavy atom. The maximum absolute atomic E-state index is 13.0. The number of aliphatic carboxylic acids is 1. The molecule has 5 aromatic rings. The standard InChI is InChI=1S/C46H55N9O4S/c1-28-30-10-8-18-54(39(30)52-51-38(28)50-41-48-33-11-6-7-12-34(33)60-41)35-14-13-31(37(49-35)40(58)59)32-20-47-55(29(32)2)27-44-21-42(3)22-45(16-9-17-53(5)19-15-36(56)57)25-43(4,24-44)46(45,23-42)26-44/h6-7,11-14,20H,8-10,15-19,21-27H2,1-5H3,(H,56,57)(H,58,59)(H,48,50,51). The highest BCUT2D eigenvalue weighted by atomic mass is 32.1. The Hall–Kier alpha value is -4.95. The summed E-state index contributed by atoms with van der Waals surface area (Å²) in [6.07, 6.45) is 13.6. The number of hydrogen-bond acceptors (Lipinski definition) is 11. The van der Waals surface area contributed by atoms with Crippen molar-refractivity contribution in [1.29, 1.82) is 0 Å². The number of aromatic nitrogens is 6. The first-order valence-corrected chi connectivity index (χ1v) is 22.4. The molecule has 0 amide bonds. The SMILES string of the molecule is Cc1c(Nc2nc3ccccc3s2)nnc2c1CCCN2c1ccc(-c2cnn(CC34CC5(C)CC6(CCCN(C)CCC(=O)O)CC(C)(C3)C6(C5)C4)c2C)c(C(=O)O)n1. The van der Waals surface area contributed by atoms with Gasteiger partial charge in [-0.1, -0.05) is 37.3 Å². The van der Waals surface area contributed by atoms with Gasteiger partial charge >= 0.3 is 11.9 Å². The number of anilines is 4. The number of benzene rings is 1. The Morgan fingerprint density at radius 3 is 2.58 bits per heavy atom. The quantitative estimate of drug-likeness (QED) is 0.0975. The minimum absolute atomic E-state index is 0.00571. The van der Waals surface area contributed by atoms with Crippen molar-refractivity contribution >= 4 is 56.1 Å². The molecule has 314 valence electrons. The van der Waals surface area contributed by atoms with Gasteiger partial charge in [0.2, 0.25) is 0 Å². The van der Waals surface area contributed by atoms with Crippen molar-refractivity contribution in [1.82, 2.24) is 34.8 Å². The molecule has 4 aromatic heterocycles. The van der Waals surface area contributed by atoms with Gasteiger partial charge in [-0.25, -0.2) is 14.8 Å². The Labute approximate surface area is 354 Å². The molecule has 3 bridgehead atoms. The maximum Gasteiger partial charge on any atom is 0.355 e. The number of rotatable bonds is 14. The summed E-state index contributed by atoms with van der Waals surface area (Å²) in [6, 6.07) is 11.8. The molecule has 1 aliphatic heterocycles. The molecule has 4 aliphatic carbocycles. The molecule has 5 heterocycles. The third kappa shape index (κ3) is 6.06. The number of nitrogens with zero attached hydrogens (tertiary/aromatic N) is 8. The maximum atomic E-state index is 13.0. The van der Waals surface area contributed by atoms with Gasteiger partial charge in [0, 0.05) is 47.6 Å². The lowest BCUT2D eigenvalue weighted by Gasteiger charge is -2.66. The van der Waals surface area contributed by atoms with Gasteiger partial charge in [0.15, 0.2) is 22.5 Å². The summed E-state index contributed by atoms with van der Waals surface area (Å²) < 4.78 is 3.26. The molecule has 10 rings (SSSR count). The van der Waals surface area contributed by atoms with E-state index in [0.29, 0.717) is 57.8 Å². The molecular weight excluding hydrogens is 775 g/mol. The van der Waals surface area contributed by atoms with Gasteiger partial charge in [-0.05, 0) is 143 Å². The molecule has 3 N–H and O–H groups in total. The van der Waals surface area contributed by atoms with E-state index < -0.39 is 11.9 Å². The predicted molar refractivity (Wildman–Crippen MR) is 232 cm³/mol. The number of para-hydroxylation sites is 1. The lowest BCUT2D eigenvalue weighted by atomic mass is 9.38. The van der Waals surface area contributed by atoms with Gasteiger partial charge in [0.05, 0.1) is 22.8 Å². The molecule has 4 fully saturated rings. The fraction of sp³-hybridized carbons (Fsp3) is 0.543. The van der Waals surface area contributed by atoms with Crippen LogP contribution in [-0.4, -0.2) is 83.7 Å². The molecule has 4 saturated carbocycles. The third-order valence-corrected chi connectivity index (χ3v) is 16.6. The lowest BCUT2D eigenvalue weighted by Crippen LogP contribution is -2.58. The summed E-state index contributed by atoms with van der Waals surface area (Å²) in [6.45, 7) is 12.2. The summed E-state index contributed by atoms with van der Waals surface area (Å²) in [5.41, 5.74) is 6.83. The lowest BCUT2D eigenvalue weighted by molar-refractivity contribution is -0.174. The highest BCUT2D eigenvalue weighted by Gasteiger charge is 2.83. The molecular formula is C46H55N9O4S. The second-order valence-electron chi connectivity index (χ2n) is 19.9. The highest BCUT2D eigenvalue weighted by molar-refractivity contribution is 7.22. The van der Waals surface area contributed by atoms with Crippen LogP contribution in [0.25, 0.3) is 21.3 Å². The molecule has 1 aromatic carbocycles. The van der Waals surface area contributed by atoms with Crippen LogP contribution in [0.3, 0.4) is 0 Å². The van der Waals surface area contributed by atoms with Crippen LogP contribution < -0.4 is 10.2 Å². The number of fused-ring (bicyclic) bond motifs is 4. The van der Waals surface area contributed by atoms with Gasteiger partial charge in [0.25, 0.3) is 0 Å². The van der Waals surface area contributed by atoms with Crippen molar-refractivity contribution in [3.05, 3.63) is 65.1 Å². The second kappa shape index (κ2) is 13.8. The van der Waals surface area contributed by atoms with Gasteiger partial charge in [-0.15, -0.1) is 10.2 Å². The van der Waals surface area contributed by atoms with E-state index in [2.05, 4.69) is 51.9 Å². The van der Waals surface area contributed by atoms with E-state index >= 15 is 0 Å². The summed E-state index contributed by atoms with van der Waals surface area (Å²) in [7, 11) is 2.05. The van der Waals surface area contributed by atoms with Crippen LogP contribution >= 0.6 is 11.3 Å². The Morgan fingerprint density at radius 2 is 1.78 bits per heavy atom. The Kier molecular flexibility index (Phi) is 9.01. The first-order valence-electron chi connectivity index (χ1n) is 21.6. The van der Waals surface area contributed by atoms with E-state index in [9.17, 15) is 14.7 Å². The van der Waals surface area contributed by atoms with Crippen LogP contribution in [-0.2, 0) is 17.8 Å². The Balaban J connectivity index is 0.882. The topological polar surface area (TPSA) is 162 Å². The van der Waals surface area contributed by atoms with E-state index in [0.717, 1.165) is 70.1 Å². The van der Waals surface area contributed by atoms with Crippen LogP contribution in [0.1, 0.15) is 105 Å². The molecule has 60 heavy (non-hydrogen) atoms. The summed E-state index contributed by atoms with van der Waals surface area (Å²) in [5, 5.41) is 38.1. The zero-order chi connectivity index (χ0) is 41.8. The highest BCUT2D eigenvalue weighted by Crippen LogP contribution is 2.92. The van der Waals surface area contributed by atoms with Crippen LogP contribution in [0.2, 0.25) is 0 Å². The second-order valence-corrected chi connectivity index (χ2v) is 20.9. The van der Waals surface area contributed by atoms with Gasteiger partial charge < -0.3 is 25.3 Å². The Bertz CT molecular complexity index is 2540. The summed E-state index contributed by atoms with van der Waals surface area (Å²) >= 11 is 1.58. The number of nitrogens with one attached hydrogen (secondary N) is 1. The molecule has 5 aliphatic rings. The summed E-state index contributed by atoms with van der Waals surface area (Å²) in [4.78, 5) is 37.8. The zero-order valence-corrected chi connectivity index (χ0v) is 36.2. The molecule has 0 radical (unpaired) electrons. The van der Waals surface area contributed by atoms with Gasteiger partial charge in [-0.2, -0.15) is 5.10 Å². The monoisotopic (exact) mass is 829 g/mol. The number of hydrogen-bond donors (Lipinski definition) is 3. The first-order chi connectivity index (χ1) is 28.6. The predicted octanol–water partition coefficient (Wildman–Crippen LogP) is 9.04. The van der Waals surface area contributed by atoms with E-state index in [4.69, 9.17) is 20.2 Å². The minimum Gasteiger partial charge on any atom is -0.481 e. The first kappa shape index (κ1) is 39.2. The van der Waals surface area contributed by atoms with Crippen molar-refractivity contribution in [2.24, 2.45) is 27.1 Å². The van der Waals surface area contributed by atoms with E-state index in [1.807, 2.05) is 55.4 Å². The largest absolute Gasteiger partial charge is 0.481 e. The zero-order valence-electron chi connectivity index (χ0n) is 35.3. The normalized spacial score (nSPS) is 28.6. The third-order valence-electron chi connectivity index (χ3n) is 15.7. The number of carbonyl (C=O) groups is 2. The molecule has 1 spiro atoms. The van der Waals surface area contributed by atoms with E-state index in [1.54, 1.807) is 11.3 Å². The molecule has 14 heteroatoms. The number of carboxylic acid groups (broad SMARTS) is 2. The summed E-state index contributed by atoms with van der Waals surface area (Å²) in [5.74, 6) is 0.0966. The molecule has 13 nitrogen and oxygen atoms in total. The molecule has 5 atom stereocenters. The van der Waals surface area contributed by atoms with Crippen LogP contribution in [0.15, 0.2) is 42.6 Å². The van der Waals surface area contributed by atoms with Crippen molar-refractivity contribution in [2.75, 3.05) is 36.9 Å². The number of thiazole rings is 1. The van der Waals surface area contributed by atoms with Crippen LogP contribution in [0.4, 0.5) is 22.6 Å². The van der Waals surface area contributed by atoms with Crippen molar-refractivity contribution in [3.8, 4) is 11.1 Å². The van der Waals surface area contributed by atoms with Crippen molar-refractivity contribution in [2.45, 2.75) is 105 Å². The number of carboxylic acids is 2. The van der Waals surface area contributed by atoms with Crippen molar-refractivity contribution in [3.63, 3.8) is 0 Å². The average molecular weight is 830 g/mol. The fourth-order valence-corrected chi connectivity index (χ4v) is 14.9. The van der Waals surface area contributed by atoms with Crippen LogP contribution in [0.5, 0.6) is 0 Å². The van der Waals surface area contributed by atoms with Gasteiger partial charge in [0.1, 0.15) is 5.82 Å². The average Bonchev–Trinajstić information content (AvgIpc) is 3.86. The van der Waals surface area contributed by atoms with E-state index in [1.165, 1.54) is 44.9 Å². The number of pyridine rings is 1. The van der Waals surface area contributed by atoms with E-state index in [-0.39, 0.29) is 17.5 Å². The smallest absolute Gasteiger partial charge is 0.355 e. The molecule has 0 saturated heterocycles. The fourth-order valence-electron chi connectivity index (χ4n) is 14.0. The number of aromatic carboxylic acids is 1. The van der Waals surface area contributed by atoms with Crippen molar-refractivity contribution < 1.29 is 19.8 Å². The van der Waals surface area contributed by atoms with Crippen LogP contribution in [0, 0.1) is 40.9 Å².